The van der Waals surface area contributed by atoms with Gasteiger partial charge < -0.3 is 15.4 Å². The van der Waals surface area contributed by atoms with Gasteiger partial charge in [0.25, 0.3) is 5.91 Å². The Kier molecular flexibility index (Phi) is 4.50. The highest BCUT2D eigenvalue weighted by Crippen LogP contribution is 2.21. The monoisotopic (exact) mass is 266 g/mol. The van der Waals surface area contributed by atoms with Crippen LogP contribution in [0, 0.1) is 5.82 Å². The van der Waals surface area contributed by atoms with E-state index in [0.717, 1.165) is 6.42 Å². The number of hydrogen-bond donors (Lipinski definition) is 1. The fourth-order valence-corrected chi connectivity index (χ4v) is 2.27. The molecule has 2 N–H and O–H groups in total. The molecular weight excluding hydrogens is 247 g/mol. The van der Waals surface area contributed by atoms with Crippen LogP contribution in [0.1, 0.15) is 18.4 Å². The van der Waals surface area contributed by atoms with Gasteiger partial charge in [0.2, 0.25) is 0 Å². The first-order chi connectivity index (χ1) is 9.11. The van der Waals surface area contributed by atoms with E-state index in [4.69, 9.17) is 10.5 Å². The fraction of sp³-hybridized carbons (Fsp3) is 0.500. The highest BCUT2D eigenvalue weighted by Gasteiger charge is 2.31. The molecule has 0 bridgehead atoms. The lowest BCUT2D eigenvalue weighted by molar-refractivity contribution is -0.141. The maximum Gasteiger partial charge on any atom is 0.251 e. The van der Waals surface area contributed by atoms with Crippen LogP contribution in [0.25, 0.3) is 0 Å². The number of carbonyl (C=O) groups excluding carboxylic acids is 1. The van der Waals surface area contributed by atoms with Crippen LogP contribution in [0.4, 0.5) is 4.39 Å². The Balaban J connectivity index is 1.95. The van der Waals surface area contributed by atoms with Gasteiger partial charge in [0.05, 0.1) is 6.10 Å². The maximum absolute atomic E-state index is 13.5. The van der Waals surface area contributed by atoms with Crippen molar-refractivity contribution in [3.05, 3.63) is 35.6 Å². The molecule has 1 heterocycles. The molecule has 1 fully saturated rings. The van der Waals surface area contributed by atoms with Gasteiger partial charge >= 0.3 is 0 Å². The van der Waals surface area contributed by atoms with Crippen molar-refractivity contribution < 1.29 is 13.9 Å². The first-order valence-corrected chi connectivity index (χ1v) is 6.45. The van der Waals surface area contributed by atoms with E-state index < -0.39 is 6.10 Å². The van der Waals surface area contributed by atoms with Crippen LogP contribution in [0.5, 0.6) is 0 Å². The van der Waals surface area contributed by atoms with Crippen molar-refractivity contribution in [2.75, 3.05) is 13.6 Å². The second-order valence-electron chi connectivity index (χ2n) is 4.85. The average Bonchev–Trinajstić information content (AvgIpc) is 2.89. The van der Waals surface area contributed by atoms with Gasteiger partial charge in [0.15, 0.2) is 0 Å². The molecule has 1 aromatic carbocycles. The first kappa shape index (κ1) is 14.0. The molecule has 1 aliphatic rings. The Hall–Kier alpha value is -1.46. The number of ether oxygens (including phenoxy) is 1. The number of nitrogens with zero attached hydrogens (tertiary/aromatic N) is 1. The number of likely N-dealkylation sites (N-methyl/N-ethyl adjacent to an activating group) is 1. The SMILES string of the molecule is CN(Cc1ccccc1F)C(=O)C1CCC(CN)O1. The molecule has 1 amide bonds. The zero-order chi connectivity index (χ0) is 13.8. The lowest BCUT2D eigenvalue weighted by Gasteiger charge is -2.21. The standard InChI is InChI=1S/C14H19FN2O2/c1-17(9-10-4-2-3-5-12(10)15)14(18)13-7-6-11(8-16)19-13/h2-5,11,13H,6-9,16H2,1H3. The molecule has 1 aliphatic heterocycles. The molecular formula is C14H19FN2O2. The number of benzene rings is 1. The molecule has 0 saturated carbocycles. The van der Waals surface area contributed by atoms with Crippen molar-refractivity contribution in [1.29, 1.82) is 0 Å². The smallest absolute Gasteiger partial charge is 0.251 e. The van der Waals surface area contributed by atoms with Crippen molar-refractivity contribution in [3.63, 3.8) is 0 Å². The van der Waals surface area contributed by atoms with Gasteiger partial charge in [0, 0.05) is 25.7 Å². The average molecular weight is 266 g/mol. The van der Waals surface area contributed by atoms with E-state index >= 15 is 0 Å². The summed E-state index contributed by atoms with van der Waals surface area (Å²) in [6.07, 6.45) is 1.02. The van der Waals surface area contributed by atoms with Gasteiger partial charge in [-0.15, -0.1) is 0 Å². The Morgan fingerprint density at radius 1 is 1.47 bits per heavy atom. The van der Waals surface area contributed by atoms with Crippen molar-refractivity contribution in [3.8, 4) is 0 Å². The first-order valence-electron chi connectivity index (χ1n) is 6.45. The van der Waals surface area contributed by atoms with Gasteiger partial charge in [-0.25, -0.2) is 4.39 Å². The molecule has 5 heteroatoms. The topological polar surface area (TPSA) is 55.6 Å². The zero-order valence-electron chi connectivity index (χ0n) is 11.0. The largest absolute Gasteiger partial charge is 0.364 e. The van der Waals surface area contributed by atoms with Crippen LogP contribution >= 0.6 is 0 Å². The zero-order valence-corrected chi connectivity index (χ0v) is 11.0. The number of halogens is 1. The third-order valence-electron chi connectivity index (χ3n) is 3.39. The van der Waals surface area contributed by atoms with Gasteiger partial charge in [-0.2, -0.15) is 0 Å². The Bertz CT molecular complexity index is 453. The van der Waals surface area contributed by atoms with Crippen LogP contribution in [0.3, 0.4) is 0 Å². The summed E-state index contributed by atoms with van der Waals surface area (Å²) in [5.41, 5.74) is 6.02. The van der Waals surface area contributed by atoms with Crippen LogP contribution in [-0.4, -0.2) is 36.6 Å². The second-order valence-corrected chi connectivity index (χ2v) is 4.85. The van der Waals surface area contributed by atoms with E-state index in [0.29, 0.717) is 18.5 Å². The Labute approximate surface area is 112 Å². The quantitative estimate of drug-likeness (QED) is 0.893. The van der Waals surface area contributed by atoms with Gasteiger partial charge in [-0.3, -0.25) is 4.79 Å². The lowest BCUT2D eigenvalue weighted by Crippen LogP contribution is -2.36. The van der Waals surface area contributed by atoms with E-state index in [1.165, 1.54) is 11.0 Å². The maximum atomic E-state index is 13.5. The van der Waals surface area contributed by atoms with Crippen molar-refractivity contribution in [2.45, 2.75) is 31.6 Å². The minimum absolute atomic E-state index is 0.0317. The summed E-state index contributed by atoms with van der Waals surface area (Å²) in [5, 5.41) is 0. The molecule has 2 rings (SSSR count). The molecule has 1 aromatic rings. The lowest BCUT2D eigenvalue weighted by atomic mass is 10.1. The van der Waals surface area contributed by atoms with Crippen molar-refractivity contribution in [2.24, 2.45) is 5.73 Å². The minimum atomic E-state index is -0.440. The van der Waals surface area contributed by atoms with E-state index in [2.05, 4.69) is 0 Å². The Morgan fingerprint density at radius 3 is 2.84 bits per heavy atom. The van der Waals surface area contributed by atoms with Crippen LogP contribution in [-0.2, 0) is 16.1 Å². The third-order valence-corrected chi connectivity index (χ3v) is 3.39. The van der Waals surface area contributed by atoms with Crippen LogP contribution in [0.15, 0.2) is 24.3 Å². The predicted molar refractivity (Wildman–Crippen MR) is 69.8 cm³/mol. The van der Waals surface area contributed by atoms with E-state index in [1.807, 2.05) is 0 Å². The summed E-state index contributed by atoms with van der Waals surface area (Å²) in [4.78, 5) is 13.7. The van der Waals surface area contributed by atoms with Gasteiger partial charge in [-0.05, 0) is 18.9 Å². The predicted octanol–water partition coefficient (Wildman–Crippen LogP) is 1.29. The van der Waals surface area contributed by atoms with Crippen LogP contribution in [0.2, 0.25) is 0 Å². The van der Waals surface area contributed by atoms with Gasteiger partial charge in [0.1, 0.15) is 11.9 Å². The Morgan fingerprint density at radius 2 is 2.21 bits per heavy atom. The molecule has 104 valence electrons. The summed E-state index contributed by atoms with van der Waals surface area (Å²) in [6.45, 7) is 0.680. The molecule has 0 aliphatic carbocycles. The van der Waals surface area contributed by atoms with E-state index in [1.54, 1.807) is 25.2 Å². The highest BCUT2D eigenvalue weighted by atomic mass is 19.1. The van der Waals surface area contributed by atoms with Gasteiger partial charge in [-0.1, -0.05) is 18.2 Å². The molecule has 1 saturated heterocycles. The molecule has 0 aromatic heterocycles. The third kappa shape index (κ3) is 3.30. The summed E-state index contributed by atoms with van der Waals surface area (Å²) in [5.74, 6) is -0.409. The molecule has 4 nitrogen and oxygen atoms in total. The van der Waals surface area contributed by atoms with Crippen molar-refractivity contribution in [1.82, 2.24) is 4.90 Å². The number of nitrogens with two attached hydrogens (primary N) is 1. The molecule has 19 heavy (non-hydrogen) atoms. The van der Waals surface area contributed by atoms with Crippen molar-refractivity contribution >= 4 is 5.91 Å². The number of carbonyl (C=O) groups is 1. The fourth-order valence-electron chi connectivity index (χ4n) is 2.27. The number of hydrogen-bond acceptors (Lipinski definition) is 3. The summed E-state index contributed by atoms with van der Waals surface area (Å²) in [6, 6.07) is 6.46. The molecule has 0 radical (unpaired) electrons. The molecule has 2 unspecified atom stereocenters. The number of amides is 1. The minimum Gasteiger partial charge on any atom is -0.364 e. The van der Waals surface area contributed by atoms with Crippen LogP contribution < -0.4 is 5.73 Å². The summed E-state index contributed by atoms with van der Waals surface area (Å²) >= 11 is 0. The summed E-state index contributed by atoms with van der Waals surface area (Å²) < 4.78 is 19.1. The molecule has 0 spiro atoms. The normalized spacial score (nSPS) is 22.5. The van der Waals surface area contributed by atoms with E-state index in [9.17, 15) is 9.18 Å². The van der Waals surface area contributed by atoms with E-state index in [-0.39, 0.29) is 24.4 Å². The second kappa shape index (κ2) is 6.12. The summed E-state index contributed by atoms with van der Waals surface area (Å²) in [7, 11) is 1.66. The number of rotatable bonds is 4. The molecule has 2 atom stereocenters. The highest BCUT2D eigenvalue weighted by molar-refractivity contribution is 5.81.